The van der Waals surface area contributed by atoms with E-state index in [0.717, 1.165) is 36.4 Å². The van der Waals surface area contributed by atoms with Gasteiger partial charge in [-0.1, -0.05) is 19.1 Å². The van der Waals surface area contributed by atoms with Crippen molar-refractivity contribution in [3.05, 3.63) is 29.3 Å². The molecular weight excluding hydrogens is 304 g/mol. The highest BCUT2D eigenvalue weighted by molar-refractivity contribution is 5.81. The van der Waals surface area contributed by atoms with E-state index in [1.165, 1.54) is 0 Å². The van der Waals surface area contributed by atoms with Crippen LogP contribution < -0.4 is 20.7 Å². The first-order valence-electron chi connectivity index (χ1n) is 8.53. The predicted octanol–water partition coefficient (Wildman–Crippen LogP) is 1.98. The summed E-state index contributed by atoms with van der Waals surface area (Å²) in [6.07, 6.45) is 1.37. The molecule has 0 saturated carbocycles. The van der Waals surface area contributed by atoms with Crippen molar-refractivity contribution < 1.29 is 9.53 Å². The quantitative estimate of drug-likeness (QED) is 0.477. The Labute approximate surface area is 145 Å². The van der Waals surface area contributed by atoms with Crippen molar-refractivity contribution in [1.29, 1.82) is 0 Å². The normalized spacial score (nSPS) is 11.1. The lowest BCUT2D eigenvalue weighted by molar-refractivity contribution is -0.120. The van der Waals surface area contributed by atoms with E-state index in [-0.39, 0.29) is 5.91 Å². The summed E-state index contributed by atoms with van der Waals surface area (Å²) in [6.45, 7) is 8.63. The number of aryl methyl sites for hydroxylation is 1. The SMILES string of the molecule is CCCNC(=O)CCNC(=NCc1ccc(C)cc1OC)NCC. The topological polar surface area (TPSA) is 74.8 Å². The number of rotatable bonds is 9. The smallest absolute Gasteiger partial charge is 0.221 e. The van der Waals surface area contributed by atoms with E-state index < -0.39 is 0 Å². The summed E-state index contributed by atoms with van der Waals surface area (Å²) in [4.78, 5) is 16.2. The zero-order valence-electron chi connectivity index (χ0n) is 15.2. The zero-order chi connectivity index (χ0) is 17.8. The van der Waals surface area contributed by atoms with Crippen molar-refractivity contribution in [3.8, 4) is 5.75 Å². The minimum Gasteiger partial charge on any atom is -0.496 e. The van der Waals surface area contributed by atoms with Gasteiger partial charge in [0.25, 0.3) is 0 Å². The molecule has 134 valence electrons. The number of guanidine groups is 1. The molecule has 6 nitrogen and oxygen atoms in total. The van der Waals surface area contributed by atoms with Gasteiger partial charge in [0, 0.05) is 31.6 Å². The molecule has 0 aliphatic heterocycles. The molecule has 6 heteroatoms. The van der Waals surface area contributed by atoms with Gasteiger partial charge < -0.3 is 20.7 Å². The molecule has 1 aromatic rings. The first-order chi connectivity index (χ1) is 11.6. The van der Waals surface area contributed by atoms with Gasteiger partial charge in [0.2, 0.25) is 5.91 Å². The van der Waals surface area contributed by atoms with Crippen LogP contribution in [0, 0.1) is 6.92 Å². The van der Waals surface area contributed by atoms with Gasteiger partial charge in [-0.2, -0.15) is 0 Å². The van der Waals surface area contributed by atoms with Crippen molar-refractivity contribution in [3.63, 3.8) is 0 Å². The summed E-state index contributed by atoms with van der Waals surface area (Å²) >= 11 is 0. The molecule has 0 aromatic heterocycles. The number of nitrogens with zero attached hydrogens (tertiary/aromatic N) is 1. The monoisotopic (exact) mass is 334 g/mol. The Kier molecular flexibility index (Phi) is 9.34. The molecule has 0 heterocycles. The van der Waals surface area contributed by atoms with Gasteiger partial charge in [-0.3, -0.25) is 4.79 Å². The van der Waals surface area contributed by atoms with Crippen molar-refractivity contribution in [2.24, 2.45) is 4.99 Å². The Morgan fingerprint density at radius 3 is 2.62 bits per heavy atom. The molecule has 0 bridgehead atoms. The third-order valence-corrected chi connectivity index (χ3v) is 3.41. The number of carbonyl (C=O) groups excluding carboxylic acids is 1. The van der Waals surface area contributed by atoms with E-state index in [2.05, 4.69) is 20.9 Å². The van der Waals surface area contributed by atoms with Gasteiger partial charge in [-0.25, -0.2) is 4.99 Å². The summed E-state index contributed by atoms with van der Waals surface area (Å²) in [5.74, 6) is 1.59. The van der Waals surface area contributed by atoms with E-state index in [0.29, 0.717) is 25.5 Å². The molecule has 1 rings (SSSR count). The third-order valence-electron chi connectivity index (χ3n) is 3.41. The fraction of sp³-hybridized carbons (Fsp3) is 0.556. The van der Waals surface area contributed by atoms with Crippen molar-refractivity contribution in [2.45, 2.75) is 40.2 Å². The number of amides is 1. The number of hydrogen-bond donors (Lipinski definition) is 3. The average Bonchev–Trinajstić information content (AvgIpc) is 2.58. The fourth-order valence-electron chi connectivity index (χ4n) is 2.14. The Morgan fingerprint density at radius 1 is 1.17 bits per heavy atom. The number of methoxy groups -OCH3 is 1. The molecule has 0 fully saturated rings. The molecule has 0 aliphatic rings. The largest absolute Gasteiger partial charge is 0.496 e. The Hall–Kier alpha value is -2.24. The number of ether oxygens (including phenoxy) is 1. The maximum absolute atomic E-state index is 11.6. The van der Waals surface area contributed by atoms with E-state index in [4.69, 9.17) is 4.74 Å². The van der Waals surface area contributed by atoms with E-state index >= 15 is 0 Å². The van der Waals surface area contributed by atoms with E-state index in [1.807, 2.05) is 39.0 Å². The van der Waals surface area contributed by atoms with Crippen LogP contribution >= 0.6 is 0 Å². The second-order valence-electron chi connectivity index (χ2n) is 5.54. The van der Waals surface area contributed by atoms with Crippen LogP contribution in [0.4, 0.5) is 0 Å². The highest BCUT2D eigenvalue weighted by Gasteiger charge is 2.05. The predicted molar refractivity (Wildman–Crippen MR) is 98.5 cm³/mol. The highest BCUT2D eigenvalue weighted by atomic mass is 16.5. The standard InChI is InChI=1S/C18H30N4O2/c1-5-10-20-17(23)9-11-21-18(19-6-2)22-13-15-8-7-14(3)12-16(15)24-4/h7-8,12H,5-6,9-11,13H2,1-4H3,(H,20,23)(H2,19,21,22). The van der Waals surface area contributed by atoms with E-state index in [9.17, 15) is 4.79 Å². The molecule has 0 unspecified atom stereocenters. The molecule has 1 aromatic carbocycles. The van der Waals surface area contributed by atoms with Crippen LogP contribution in [0.2, 0.25) is 0 Å². The highest BCUT2D eigenvalue weighted by Crippen LogP contribution is 2.20. The van der Waals surface area contributed by atoms with Crippen molar-refractivity contribution in [1.82, 2.24) is 16.0 Å². The Balaban J connectivity index is 2.58. The van der Waals surface area contributed by atoms with Gasteiger partial charge in [0.15, 0.2) is 5.96 Å². The first-order valence-corrected chi connectivity index (χ1v) is 8.53. The summed E-state index contributed by atoms with van der Waals surface area (Å²) < 4.78 is 5.41. The lowest BCUT2D eigenvalue weighted by atomic mass is 10.1. The summed E-state index contributed by atoms with van der Waals surface area (Å²) in [5.41, 5.74) is 2.18. The van der Waals surface area contributed by atoms with Crippen LogP contribution in [0.5, 0.6) is 5.75 Å². The van der Waals surface area contributed by atoms with Crippen LogP contribution in [0.15, 0.2) is 23.2 Å². The summed E-state index contributed by atoms with van der Waals surface area (Å²) in [6, 6.07) is 6.08. The van der Waals surface area contributed by atoms with Gasteiger partial charge in [0.05, 0.1) is 13.7 Å². The van der Waals surface area contributed by atoms with Crippen molar-refractivity contribution >= 4 is 11.9 Å². The summed E-state index contributed by atoms with van der Waals surface area (Å²) in [7, 11) is 1.67. The van der Waals surface area contributed by atoms with Crippen LogP contribution in [-0.4, -0.2) is 38.6 Å². The fourth-order valence-corrected chi connectivity index (χ4v) is 2.14. The molecule has 0 saturated heterocycles. The molecule has 0 aliphatic carbocycles. The molecule has 0 radical (unpaired) electrons. The number of nitrogens with one attached hydrogen (secondary N) is 3. The third kappa shape index (κ3) is 7.35. The van der Waals surface area contributed by atoms with Crippen LogP contribution in [0.1, 0.15) is 37.8 Å². The van der Waals surface area contributed by atoms with E-state index in [1.54, 1.807) is 7.11 Å². The van der Waals surface area contributed by atoms with Gasteiger partial charge in [0.1, 0.15) is 5.75 Å². The molecule has 3 N–H and O–H groups in total. The molecule has 1 amide bonds. The first kappa shape index (κ1) is 19.8. The maximum atomic E-state index is 11.6. The number of carbonyl (C=O) groups is 1. The van der Waals surface area contributed by atoms with Gasteiger partial charge in [-0.15, -0.1) is 0 Å². The minimum atomic E-state index is 0.0559. The minimum absolute atomic E-state index is 0.0559. The zero-order valence-corrected chi connectivity index (χ0v) is 15.2. The van der Waals surface area contributed by atoms with Gasteiger partial charge >= 0.3 is 0 Å². The lowest BCUT2D eigenvalue weighted by Gasteiger charge is -2.12. The van der Waals surface area contributed by atoms with Crippen LogP contribution in [0.25, 0.3) is 0 Å². The molecule has 0 spiro atoms. The van der Waals surface area contributed by atoms with Crippen LogP contribution in [-0.2, 0) is 11.3 Å². The lowest BCUT2D eigenvalue weighted by Crippen LogP contribution is -2.39. The molecular formula is C18H30N4O2. The maximum Gasteiger partial charge on any atom is 0.221 e. The average molecular weight is 334 g/mol. The number of hydrogen-bond acceptors (Lipinski definition) is 3. The van der Waals surface area contributed by atoms with Gasteiger partial charge in [-0.05, 0) is 31.9 Å². The Bertz CT molecular complexity index is 544. The number of aliphatic imine (C=N–C) groups is 1. The second kappa shape index (κ2) is 11.3. The Morgan fingerprint density at radius 2 is 1.96 bits per heavy atom. The second-order valence-corrected chi connectivity index (χ2v) is 5.54. The number of benzene rings is 1. The molecule has 0 atom stereocenters. The van der Waals surface area contributed by atoms with Crippen molar-refractivity contribution in [2.75, 3.05) is 26.7 Å². The molecule has 24 heavy (non-hydrogen) atoms. The summed E-state index contributed by atoms with van der Waals surface area (Å²) in [5, 5.41) is 9.23. The van der Waals surface area contributed by atoms with Crippen LogP contribution in [0.3, 0.4) is 0 Å².